The molecule has 4 rings (SSSR count). The molecule has 0 radical (unpaired) electrons. The zero-order chi connectivity index (χ0) is 22.5. The molecule has 2 aliphatic heterocycles. The van der Waals surface area contributed by atoms with E-state index in [2.05, 4.69) is 10.4 Å². The summed E-state index contributed by atoms with van der Waals surface area (Å²) < 4.78 is 5.07. The highest BCUT2D eigenvalue weighted by Crippen LogP contribution is 2.25. The van der Waals surface area contributed by atoms with E-state index in [1.807, 2.05) is 54.6 Å². The average Bonchev–Trinajstić information content (AvgIpc) is 3.45. The number of carbonyl (C=O) groups is 3. The molecule has 166 valence electrons. The molecule has 2 amide bonds. The highest BCUT2D eigenvalue weighted by atomic mass is 16.5. The summed E-state index contributed by atoms with van der Waals surface area (Å²) in [6, 6.07) is 16.3. The monoisotopic (exact) mass is 434 g/mol. The molecule has 1 unspecified atom stereocenters. The summed E-state index contributed by atoms with van der Waals surface area (Å²) in [4.78, 5) is 38.9. The number of hydrazone groups is 1. The summed E-state index contributed by atoms with van der Waals surface area (Å²) in [5.74, 6) is -0.586. The fraction of sp³-hybridized carbons (Fsp3) is 0.333. The van der Waals surface area contributed by atoms with Crippen molar-refractivity contribution >= 4 is 34.9 Å². The van der Waals surface area contributed by atoms with Gasteiger partial charge in [0, 0.05) is 31.6 Å². The Morgan fingerprint density at radius 3 is 2.50 bits per heavy atom. The first kappa shape index (κ1) is 21.5. The number of nitrogens with one attached hydrogen (secondary N) is 1. The minimum Gasteiger partial charge on any atom is -0.461 e. The molecule has 2 heterocycles. The second kappa shape index (κ2) is 9.64. The van der Waals surface area contributed by atoms with Crippen LogP contribution in [-0.2, 0) is 25.7 Å². The van der Waals surface area contributed by atoms with Gasteiger partial charge in [-0.05, 0) is 43.2 Å². The predicted molar refractivity (Wildman–Crippen MR) is 121 cm³/mol. The average molecular weight is 434 g/mol. The smallest absolute Gasteiger partial charge is 0.354 e. The van der Waals surface area contributed by atoms with Crippen LogP contribution in [0, 0.1) is 0 Å². The lowest BCUT2D eigenvalue weighted by Gasteiger charge is -2.22. The van der Waals surface area contributed by atoms with Crippen molar-refractivity contribution in [3.05, 3.63) is 60.2 Å². The van der Waals surface area contributed by atoms with Gasteiger partial charge in [0.2, 0.25) is 11.8 Å². The summed E-state index contributed by atoms with van der Waals surface area (Å²) >= 11 is 0. The number of benzene rings is 2. The number of ether oxygens (including phenoxy) is 1. The van der Waals surface area contributed by atoms with Crippen LogP contribution in [-0.4, -0.2) is 42.7 Å². The third-order valence-electron chi connectivity index (χ3n) is 5.53. The molecule has 0 aliphatic carbocycles. The Morgan fingerprint density at radius 1 is 1.09 bits per heavy atom. The quantitative estimate of drug-likeness (QED) is 0.677. The standard InChI is InChI=1S/C24H26N4O4/c1-2-32-24(31)20-15-21(28(26-20)19-7-4-3-5-8-19)23(30)25-16-17-10-12-18(13-11-17)27-14-6-9-22(27)29/h3-5,7-8,10-13,21H,2,6,9,14-16H2,1H3,(H,25,30). The highest BCUT2D eigenvalue weighted by Gasteiger charge is 2.36. The van der Waals surface area contributed by atoms with Crippen molar-refractivity contribution in [3.8, 4) is 0 Å². The van der Waals surface area contributed by atoms with Gasteiger partial charge in [-0.2, -0.15) is 5.10 Å². The van der Waals surface area contributed by atoms with Gasteiger partial charge in [-0.25, -0.2) is 4.79 Å². The maximum atomic E-state index is 13.0. The Balaban J connectivity index is 1.42. The number of para-hydroxylation sites is 1. The van der Waals surface area contributed by atoms with E-state index in [1.54, 1.807) is 16.8 Å². The van der Waals surface area contributed by atoms with Gasteiger partial charge in [-0.15, -0.1) is 0 Å². The number of anilines is 2. The van der Waals surface area contributed by atoms with Gasteiger partial charge in [0.1, 0.15) is 11.8 Å². The lowest BCUT2D eigenvalue weighted by molar-refractivity contribution is -0.135. The van der Waals surface area contributed by atoms with E-state index in [-0.39, 0.29) is 30.6 Å². The van der Waals surface area contributed by atoms with Gasteiger partial charge in [-0.3, -0.25) is 14.6 Å². The molecule has 2 aromatic rings. The topological polar surface area (TPSA) is 91.3 Å². The third-order valence-corrected chi connectivity index (χ3v) is 5.53. The number of esters is 1. The van der Waals surface area contributed by atoms with Crippen molar-refractivity contribution in [1.82, 2.24) is 5.32 Å². The first-order valence-electron chi connectivity index (χ1n) is 10.8. The first-order valence-corrected chi connectivity index (χ1v) is 10.8. The van der Waals surface area contributed by atoms with E-state index in [9.17, 15) is 14.4 Å². The molecule has 0 aromatic heterocycles. The maximum Gasteiger partial charge on any atom is 0.354 e. The van der Waals surface area contributed by atoms with Crippen molar-refractivity contribution in [1.29, 1.82) is 0 Å². The zero-order valence-electron chi connectivity index (χ0n) is 18.0. The van der Waals surface area contributed by atoms with Crippen LogP contribution in [0.5, 0.6) is 0 Å². The number of carbonyl (C=O) groups excluding carboxylic acids is 3. The van der Waals surface area contributed by atoms with Crippen LogP contribution in [0.3, 0.4) is 0 Å². The molecule has 0 spiro atoms. The van der Waals surface area contributed by atoms with Gasteiger partial charge >= 0.3 is 5.97 Å². The van der Waals surface area contributed by atoms with Crippen LogP contribution in [0.25, 0.3) is 0 Å². The number of rotatable bonds is 7. The highest BCUT2D eigenvalue weighted by molar-refractivity contribution is 6.38. The second-order valence-electron chi connectivity index (χ2n) is 7.70. The zero-order valence-corrected chi connectivity index (χ0v) is 18.0. The normalized spacial score (nSPS) is 18.0. The van der Waals surface area contributed by atoms with Crippen LogP contribution in [0.4, 0.5) is 11.4 Å². The number of hydrogen-bond acceptors (Lipinski definition) is 6. The van der Waals surface area contributed by atoms with E-state index in [4.69, 9.17) is 4.74 Å². The molecule has 8 nitrogen and oxygen atoms in total. The predicted octanol–water partition coefficient (Wildman–Crippen LogP) is 2.63. The lowest BCUT2D eigenvalue weighted by Crippen LogP contribution is -2.42. The Labute approximate surface area is 186 Å². The van der Waals surface area contributed by atoms with Gasteiger partial charge in [0.05, 0.1) is 12.3 Å². The van der Waals surface area contributed by atoms with E-state index in [1.165, 1.54) is 0 Å². The second-order valence-corrected chi connectivity index (χ2v) is 7.70. The molecule has 1 atom stereocenters. The van der Waals surface area contributed by atoms with E-state index in [0.29, 0.717) is 13.0 Å². The van der Waals surface area contributed by atoms with Gasteiger partial charge < -0.3 is 15.0 Å². The molecule has 1 saturated heterocycles. The number of amides is 2. The molecule has 0 saturated carbocycles. The Hall–Kier alpha value is -3.68. The molecule has 2 aliphatic rings. The van der Waals surface area contributed by atoms with E-state index in [0.717, 1.165) is 29.9 Å². The van der Waals surface area contributed by atoms with Crippen molar-refractivity contribution in [2.45, 2.75) is 38.8 Å². The molecule has 0 bridgehead atoms. The fourth-order valence-electron chi connectivity index (χ4n) is 3.89. The summed E-state index contributed by atoms with van der Waals surface area (Å²) in [7, 11) is 0. The Morgan fingerprint density at radius 2 is 1.84 bits per heavy atom. The summed E-state index contributed by atoms with van der Waals surface area (Å²) in [5, 5.41) is 8.89. The molecular formula is C24H26N4O4. The molecule has 1 fully saturated rings. The Kier molecular flexibility index (Phi) is 6.49. The Bertz CT molecular complexity index is 1020. The van der Waals surface area contributed by atoms with E-state index >= 15 is 0 Å². The number of nitrogens with zero attached hydrogens (tertiary/aromatic N) is 3. The molecule has 2 aromatic carbocycles. The molecular weight excluding hydrogens is 408 g/mol. The summed E-state index contributed by atoms with van der Waals surface area (Å²) in [6.07, 6.45) is 1.65. The van der Waals surface area contributed by atoms with Crippen LogP contribution in [0.2, 0.25) is 0 Å². The third kappa shape index (κ3) is 4.64. The van der Waals surface area contributed by atoms with Gasteiger partial charge in [-0.1, -0.05) is 30.3 Å². The van der Waals surface area contributed by atoms with Crippen molar-refractivity contribution in [2.75, 3.05) is 23.1 Å². The summed E-state index contributed by atoms with van der Waals surface area (Å²) in [5.41, 5.74) is 2.76. The van der Waals surface area contributed by atoms with Crippen molar-refractivity contribution in [2.24, 2.45) is 5.10 Å². The largest absolute Gasteiger partial charge is 0.461 e. The number of hydrogen-bond donors (Lipinski definition) is 1. The maximum absolute atomic E-state index is 13.0. The minimum atomic E-state index is -0.640. The van der Waals surface area contributed by atoms with Gasteiger partial charge in [0.25, 0.3) is 0 Å². The molecule has 32 heavy (non-hydrogen) atoms. The summed E-state index contributed by atoms with van der Waals surface area (Å²) in [6.45, 7) is 3.06. The molecule has 8 heteroatoms. The fourth-order valence-corrected chi connectivity index (χ4v) is 3.89. The van der Waals surface area contributed by atoms with Gasteiger partial charge in [0.15, 0.2) is 0 Å². The van der Waals surface area contributed by atoms with Crippen LogP contribution in [0.15, 0.2) is 59.7 Å². The van der Waals surface area contributed by atoms with E-state index < -0.39 is 12.0 Å². The van der Waals surface area contributed by atoms with Crippen LogP contribution >= 0.6 is 0 Å². The van der Waals surface area contributed by atoms with Crippen LogP contribution < -0.4 is 15.2 Å². The SMILES string of the molecule is CCOC(=O)C1=NN(c2ccccc2)C(C(=O)NCc2ccc(N3CCCC3=O)cc2)C1. The first-order chi connectivity index (χ1) is 15.6. The van der Waals surface area contributed by atoms with Crippen molar-refractivity contribution in [3.63, 3.8) is 0 Å². The van der Waals surface area contributed by atoms with Crippen LogP contribution in [0.1, 0.15) is 31.7 Å². The minimum absolute atomic E-state index is 0.144. The van der Waals surface area contributed by atoms with Crippen molar-refractivity contribution < 1.29 is 19.1 Å². The lowest BCUT2D eigenvalue weighted by atomic mass is 10.1. The molecule has 1 N–H and O–H groups in total.